The van der Waals surface area contributed by atoms with Crippen LogP contribution in [0.15, 0.2) is 41.3 Å². The summed E-state index contributed by atoms with van der Waals surface area (Å²) in [5.74, 6) is -0.325. The zero-order valence-electron chi connectivity index (χ0n) is 16.1. The molecule has 3 rings (SSSR count). The van der Waals surface area contributed by atoms with E-state index < -0.39 is 15.9 Å². The SMILES string of the molecule is CCN(CC)S(=O)(=O)c1cccc(NC(=O)COC(=O)[C@@H]2C[C@H]3C=C[C@H]2C3)c1. The van der Waals surface area contributed by atoms with E-state index in [1.165, 1.54) is 16.4 Å². The van der Waals surface area contributed by atoms with Crippen molar-refractivity contribution in [2.24, 2.45) is 17.8 Å². The maximum atomic E-state index is 12.6. The summed E-state index contributed by atoms with van der Waals surface area (Å²) in [7, 11) is -3.61. The van der Waals surface area contributed by atoms with Crippen LogP contribution in [0.1, 0.15) is 26.7 Å². The largest absolute Gasteiger partial charge is 0.455 e. The molecule has 2 aliphatic carbocycles. The van der Waals surface area contributed by atoms with Crippen LogP contribution in [0.2, 0.25) is 0 Å². The summed E-state index contributed by atoms with van der Waals surface area (Å²) in [6.07, 6.45) is 5.97. The fourth-order valence-corrected chi connectivity index (χ4v) is 5.44. The molecule has 0 unspecified atom stereocenters. The second kappa shape index (κ2) is 8.45. The van der Waals surface area contributed by atoms with Crippen molar-refractivity contribution in [2.75, 3.05) is 25.0 Å². The van der Waals surface area contributed by atoms with Crippen molar-refractivity contribution in [2.45, 2.75) is 31.6 Å². The van der Waals surface area contributed by atoms with Gasteiger partial charge in [0.2, 0.25) is 10.0 Å². The average Bonchev–Trinajstić information content (AvgIpc) is 3.30. The van der Waals surface area contributed by atoms with Crippen LogP contribution in [0, 0.1) is 17.8 Å². The van der Waals surface area contributed by atoms with Gasteiger partial charge in [0, 0.05) is 18.8 Å². The average molecular weight is 407 g/mol. The number of rotatable bonds is 8. The fourth-order valence-electron chi connectivity index (χ4n) is 3.94. The Labute approximate surface area is 165 Å². The van der Waals surface area contributed by atoms with Crippen molar-refractivity contribution in [3.8, 4) is 0 Å². The lowest BCUT2D eigenvalue weighted by Gasteiger charge is -2.19. The Morgan fingerprint density at radius 2 is 1.93 bits per heavy atom. The maximum absolute atomic E-state index is 12.6. The first-order valence-electron chi connectivity index (χ1n) is 9.60. The van der Waals surface area contributed by atoms with E-state index in [1.54, 1.807) is 26.0 Å². The molecule has 0 aliphatic heterocycles. The Morgan fingerprint density at radius 3 is 2.54 bits per heavy atom. The summed E-state index contributed by atoms with van der Waals surface area (Å²) >= 11 is 0. The minimum atomic E-state index is -3.61. The number of anilines is 1. The summed E-state index contributed by atoms with van der Waals surface area (Å²) in [5.41, 5.74) is 0.345. The monoisotopic (exact) mass is 406 g/mol. The molecule has 3 atom stereocenters. The van der Waals surface area contributed by atoms with E-state index in [-0.39, 0.29) is 29.3 Å². The van der Waals surface area contributed by atoms with Gasteiger partial charge in [-0.25, -0.2) is 8.42 Å². The molecule has 1 fully saturated rings. The van der Waals surface area contributed by atoms with E-state index >= 15 is 0 Å². The molecule has 0 radical (unpaired) electrons. The van der Waals surface area contributed by atoms with Crippen LogP contribution < -0.4 is 5.32 Å². The number of fused-ring (bicyclic) bond motifs is 2. The van der Waals surface area contributed by atoms with Crippen LogP contribution in [0.3, 0.4) is 0 Å². The second-order valence-corrected chi connectivity index (χ2v) is 9.10. The first-order chi connectivity index (χ1) is 13.3. The van der Waals surface area contributed by atoms with Gasteiger partial charge in [-0.1, -0.05) is 32.1 Å². The number of benzene rings is 1. The van der Waals surface area contributed by atoms with Gasteiger partial charge in [0.25, 0.3) is 5.91 Å². The summed E-state index contributed by atoms with van der Waals surface area (Å²) in [4.78, 5) is 24.4. The van der Waals surface area contributed by atoms with E-state index in [0.717, 1.165) is 12.8 Å². The molecule has 0 saturated heterocycles. The van der Waals surface area contributed by atoms with E-state index in [9.17, 15) is 18.0 Å². The van der Waals surface area contributed by atoms with Crippen molar-refractivity contribution in [3.05, 3.63) is 36.4 Å². The Kier molecular flexibility index (Phi) is 6.20. The Morgan fingerprint density at radius 1 is 1.18 bits per heavy atom. The van der Waals surface area contributed by atoms with Crippen LogP contribution in [-0.4, -0.2) is 44.3 Å². The Bertz CT molecular complexity index is 876. The van der Waals surface area contributed by atoms with Gasteiger partial charge in [0.05, 0.1) is 10.8 Å². The highest BCUT2D eigenvalue weighted by Crippen LogP contribution is 2.43. The number of sulfonamides is 1. The van der Waals surface area contributed by atoms with Gasteiger partial charge < -0.3 is 10.1 Å². The number of amides is 1. The van der Waals surface area contributed by atoms with Crippen molar-refractivity contribution in [3.63, 3.8) is 0 Å². The molecule has 7 nitrogen and oxygen atoms in total. The van der Waals surface area contributed by atoms with Gasteiger partial charge in [-0.05, 0) is 42.9 Å². The molecule has 1 aromatic carbocycles. The van der Waals surface area contributed by atoms with Crippen molar-refractivity contribution < 1.29 is 22.7 Å². The lowest BCUT2D eigenvalue weighted by atomic mass is 9.94. The molecule has 1 N–H and O–H groups in total. The molecule has 0 heterocycles. The van der Waals surface area contributed by atoms with Crippen LogP contribution in [0.5, 0.6) is 0 Å². The second-order valence-electron chi connectivity index (χ2n) is 7.16. The summed E-state index contributed by atoms with van der Waals surface area (Å²) < 4.78 is 31.7. The highest BCUT2D eigenvalue weighted by molar-refractivity contribution is 7.89. The number of esters is 1. The molecule has 8 heteroatoms. The Balaban J connectivity index is 1.57. The van der Waals surface area contributed by atoms with E-state index in [4.69, 9.17) is 4.74 Å². The zero-order valence-corrected chi connectivity index (χ0v) is 16.9. The van der Waals surface area contributed by atoms with Gasteiger partial charge in [-0.3, -0.25) is 9.59 Å². The zero-order chi connectivity index (χ0) is 20.3. The number of ether oxygens (including phenoxy) is 1. The predicted molar refractivity (Wildman–Crippen MR) is 105 cm³/mol. The number of nitrogens with one attached hydrogen (secondary N) is 1. The predicted octanol–water partition coefficient (Wildman–Crippen LogP) is 2.41. The highest BCUT2D eigenvalue weighted by atomic mass is 32.2. The first-order valence-corrected chi connectivity index (χ1v) is 11.0. The number of allylic oxidation sites excluding steroid dienone is 2. The van der Waals surface area contributed by atoms with Crippen molar-refractivity contribution >= 4 is 27.6 Å². The van der Waals surface area contributed by atoms with Crippen LogP contribution >= 0.6 is 0 Å². The molecule has 2 aliphatic rings. The molecule has 28 heavy (non-hydrogen) atoms. The molecule has 152 valence electrons. The third kappa shape index (κ3) is 4.28. The lowest BCUT2D eigenvalue weighted by Crippen LogP contribution is -2.30. The molecular weight excluding hydrogens is 380 g/mol. The lowest BCUT2D eigenvalue weighted by molar-refractivity contribution is -0.152. The minimum absolute atomic E-state index is 0.111. The normalized spacial score (nSPS) is 23.2. The third-order valence-corrected chi connectivity index (χ3v) is 7.43. The van der Waals surface area contributed by atoms with E-state index in [1.807, 2.05) is 0 Å². The van der Waals surface area contributed by atoms with Gasteiger partial charge >= 0.3 is 5.97 Å². The molecule has 2 bridgehead atoms. The van der Waals surface area contributed by atoms with Gasteiger partial charge in [0.1, 0.15) is 0 Å². The molecular formula is C20H26N2O5S. The quantitative estimate of drug-likeness (QED) is 0.529. The standard InChI is InChI=1S/C20H26N2O5S/c1-3-22(4-2)28(25,26)17-7-5-6-16(12-17)21-19(23)13-27-20(24)18-11-14-8-9-15(18)10-14/h5-9,12,14-15,18H,3-4,10-11,13H2,1-2H3,(H,21,23)/t14-,15-,18+/m0/s1. The molecule has 1 saturated carbocycles. The number of hydrogen-bond donors (Lipinski definition) is 1. The smallest absolute Gasteiger partial charge is 0.310 e. The van der Waals surface area contributed by atoms with Crippen LogP contribution in [0.25, 0.3) is 0 Å². The number of nitrogens with zero attached hydrogens (tertiary/aromatic N) is 1. The van der Waals surface area contributed by atoms with Crippen molar-refractivity contribution in [1.29, 1.82) is 0 Å². The molecule has 1 amide bonds. The first kappa shape index (κ1) is 20.5. The number of carbonyl (C=O) groups is 2. The fraction of sp³-hybridized carbons (Fsp3) is 0.500. The van der Waals surface area contributed by atoms with Crippen molar-refractivity contribution in [1.82, 2.24) is 4.31 Å². The molecule has 0 spiro atoms. The van der Waals surface area contributed by atoms with Gasteiger partial charge in [-0.2, -0.15) is 4.31 Å². The maximum Gasteiger partial charge on any atom is 0.310 e. The van der Waals surface area contributed by atoms with Gasteiger partial charge in [-0.15, -0.1) is 0 Å². The van der Waals surface area contributed by atoms with Crippen LogP contribution in [0.4, 0.5) is 5.69 Å². The summed E-state index contributed by atoms with van der Waals surface area (Å²) in [6, 6.07) is 6.07. The molecule has 0 aromatic heterocycles. The van der Waals surface area contributed by atoms with E-state index in [0.29, 0.717) is 24.7 Å². The summed E-state index contributed by atoms with van der Waals surface area (Å²) in [6.45, 7) is 3.89. The number of carbonyl (C=O) groups excluding carboxylic acids is 2. The van der Waals surface area contributed by atoms with E-state index in [2.05, 4.69) is 17.5 Å². The van der Waals surface area contributed by atoms with Crippen LogP contribution in [-0.2, 0) is 24.3 Å². The topological polar surface area (TPSA) is 92.8 Å². The number of hydrogen-bond acceptors (Lipinski definition) is 5. The minimum Gasteiger partial charge on any atom is -0.455 e. The third-order valence-electron chi connectivity index (χ3n) is 5.39. The summed E-state index contributed by atoms with van der Waals surface area (Å²) in [5, 5.41) is 2.60. The van der Waals surface area contributed by atoms with Gasteiger partial charge in [0.15, 0.2) is 6.61 Å². The Hall–Kier alpha value is -2.19. The highest BCUT2D eigenvalue weighted by Gasteiger charge is 2.40. The molecule has 1 aromatic rings.